The molecule has 0 heterocycles. The maximum absolute atomic E-state index is 13.3. The van der Waals surface area contributed by atoms with Crippen LogP contribution in [-0.4, -0.2) is 6.54 Å². The highest BCUT2D eigenvalue weighted by Crippen LogP contribution is 2.16. The highest BCUT2D eigenvalue weighted by molar-refractivity contribution is 5.25. The van der Waals surface area contributed by atoms with E-state index in [1.165, 1.54) is 0 Å². The Labute approximate surface area is 91.7 Å². The number of aryl methyl sites for hydroxylation is 1. The molecule has 1 N–H and O–H groups in total. The molecule has 1 aromatic carbocycles. The first-order chi connectivity index (χ1) is 7.00. The average Bonchev–Trinajstić information content (AvgIpc) is 2.18. The van der Waals surface area contributed by atoms with Crippen molar-refractivity contribution in [1.29, 1.82) is 0 Å². The summed E-state index contributed by atoms with van der Waals surface area (Å²) >= 11 is 0. The van der Waals surface area contributed by atoms with E-state index in [0.717, 1.165) is 12.1 Å². The van der Waals surface area contributed by atoms with Gasteiger partial charge in [0.15, 0.2) is 0 Å². The van der Waals surface area contributed by atoms with Gasteiger partial charge in [-0.15, -0.1) is 0 Å². The van der Waals surface area contributed by atoms with Gasteiger partial charge < -0.3 is 5.32 Å². The zero-order valence-electron chi connectivity index (χ0n) is 9.97. The van der Waals surface area contributed by atoms with E-state index in [0.29, 0.717) is 11.5 Å². The third-order valence-electron chi connectivity index (χ3n) is 2.53. The minimum Gasteiger partial charge on any atom is -0.310 e. The van der Waals surface area contributed by atoms with Gasteiger partial charge in [-0.25, -0.2) is 4.39 Å². The lowest BCUT2D eigenvalue weighted by Gasteiger charge is -2.16. The van der Waals surface area contributed by atoms with Crippen molar-refractivity contribution in [1.82, 2.24) is 5.32 Å². The zero-order valence-corrected chi connectivity index (χ0v) is 9.97. The molecule has 0 spiro atoms. The number of halogens is 1. The second-order valence-electron chi connectivity index (χ2n) is 4.53. The largest absolute Gasteiger partial charge is 0.310 e. The molecular weight excluding hydrogens is 189 g/mol. The first-order valence-electron chi connectivity index (χ1n) is 5.50. The Morgan fingerprint density at radius 3 is 2.47 bits per heavy atom. The molecule has 2 heteroatoms. The molecule has 1 rings (SSSR count). The summed E-state index contributed by atoms with van der Waals surface area (Å²) in [5.74, 6) is 0.494. The van der Waals surface area contributed by atoms with E-state index in [-0.39, 0.29) is 11.9 Å². The summed E-state index contributed by atoms with van der Waals surface area (Å²) in [6.07, 6.45) is 0. The van der Waals surface area contributed by atoms with Crippen LogP contribution in [0, 0.1) is 18.7 Å². The summed E-state index contributed by atoms with van der Waals surface area (Å²) in [5.41, 5.74) is 1.72. The van der Waals surface area contributed by atoms with Crippen LogP contribution in [0.4, 0.5) is 4.39 Å². The molecule has 84 valence electrons. The van der Waals surface area contributed by atoms with Crippen molar-refractivity contribution in [3.05, 3.63) is 35.1 Å². The van der Waals surface area contributed by atoms with Crippen molar-refractivity contribution < 1.29 is 4.39 Å². The van der Waals surface area contributed by atoms with Gasteiger partial charge in [-0.05, 0) is 43.5 Å². The molecule has 15 heavy (non-hydrogen) atoms. The van der Waals surface area contributed by atoms with E-state index in [1.807, 2.05) is 12.1 Å². The molecule has 0 aliphatic rings. The Kier molecular flexibility index (Phi) is 4.28. The molecule has 1 nitrogen and oxygen atoms in total. The van der Waals surface area contributed by atoms with Gasteiger partial charge in [0, 0.05) is 6.04 Å². The molecule has 0 fully saturated rings. The monoisotopic (exact) mass is 209 g/mol. The van der Waals surface area contributed by atoms with Gasteiger partial charge in [-0.1, -0.05) is 26.0 Å². The lowest BCUT2D eigenvalue weighted by molar-refractivity contribution is 0.494. The third-order valence-corrected chi connectivity index (χ3v) is 2.53. The van der Waals surface area contributed by atoms with Gasteiger partial charge in [0.2, 0.25) is 0 Å². The van der Waals surface area contributed by atoms with Gasteiger partial charge in [-0.3, -0.25) is 0 Å². The van der Waals surface area contributed by atoms with Gasteiger partial charge in [0.05, 0.1) is 0 Å². The fourth-order valence-corrected chi connectivity index (χ4v) is 1.41. The summed E-state index contributed by atoms with van der Waals surface area (Å²) in [6, 6.07) is 5.64. The molecule has 0 bridgehead atoms. The van der Waals surface area contributed by atoms with E-state index < -0.39 is 0 Å². The number of benzene rings is 1. The van der Waals surface area contributed by atoms with Crippen LogP contribution in [0.25, 0.3) is 0 Å². The van der Waals surface area contributed by atoms with Gasteiger partial charge in [0.1, 0.15) is 5.82 Å². The quantitative estimate of drug-likeness (QED) is 0.801. The number of rotatable bonds is 4. The maximum atomic E-state index is 13.3. The Balaban J connectivity index is 2.65. The smallest absolute Gasteiger partial charge is 0.126 e. The summed E-state index contributed by atoms with van der Waals surface area (Å²) in [6.45, 7) is 9.12. The Bertz CT molecular complexity index is 320. The highest BCUT2D eigenvalue weighted by Gasteiger charge is 2.07. The van der Waals surface area contributed by atoms with Gasteiger partial charge in [0.25, 0.3) is 0 Å². The summed E-state index contributed by atoms with van der Waals surface area (Å²) in [7, 11) is 0. The van der Waals surface area contributed by atoms with Crippen LogP contribution in [0.3, 0.4) is 0 Å². The summed E-state index contributed by atoms with van der Waals surface area (Å²) < 4.78 is 13.3. The molecule has 0 aromatic heterocycles. The van der Waals surface area contributed by atoms with Gasteiger partial charge in [-0.2, -0.15) is 0 Å². The van der Waals surface area contributed by atoms with Crippen LogP contribution in [0.5, 0.6) is 0 Å². The lowest BCUT2D eigenvalue weighted by Crippen LogP contribution is -2.23. The fourth-order valence-electron chi connectivity index (χ4n) is 1.41. The van der Waals surface area contributed by atoms with Crippen molar-refractivity contribution in [2.75, 3.05) is 6.54 Å². The minimum atomic E-state index is -0.120. The first-order valence-corrected chi connectivity index (χ1v) is 5.50. The van der Waals surface area contributed by atoms with Crippen LogP contribution in [0.1, 0.15) is 37.9 Å². The van der Waals surface area contributed by atoms with Gasteiger partial charge >= 0.3 is 0 Å². The van der Waals surface area contributed by atoms with Crippen molar-refractivity contribution in [2.45, 2.75) is 33.7 Å². The molecule has 0 saturated heterocycles. The number of hydrogen-bond acceptors (Lipinski definition) is 1. The van der Waals surface area contributed by atoms with Crippen LogP contribution < -0.4 is 5.32 Å². The molecule has 0 amide bonds. The van der Waals surface area contributed by atoms with E-state index in [4.69, 9.17) is 0 Å². The van der Waals surface area contributed by atoms with Crippen molar-refractivity contribution in [3.63, 3.8) is 0 Å². The molecule has 0 radical (unpaired) electrons. The third kappa shape index (κ3) is 3.63. The van der Waals surface area contributed by atoms with Crippen LogP contribution >= 0.6 is 0 Å². The van der Waals surface area contributed by atoms with Crippen molar-refractivity contribution >= 4 is 0 Å². The maximum Gasteiger partial charge on any atom is 0.126 e. The van der Waals surface area contributed by atoms with E-state index in [9.17, 15) is 4.39 Å². The normalized spacial score (nSPS) is 13.2. The standard InChI is InChI=1S/C13H20FN/c1-9(2)8-15-11(4)12-6-5-10(3)13(14)7-12/h5-7,9,11,15H,8H2,1-4H3. The Morgan fingerprint density at radius 1 is 1.27 bits per heavy atom. The molecular formula is C13H20FN. The predicted octanol–water partition coefficient (Wildman–Crippen LogP) is 3.44. The molecule has 0 aliphatic heterocycles. The minimum absolute atomic E-state index is 0.120. The SMILES string of the molecule is Cc1ccc(C(C)NCC(C)C)cc1F. The predicted molar refractivity (Wildman–Crippen MR) is 62.4 cm³/mol. The van der Waals surface area contributed by atoms with E-state index in [2.05, 4.69) is 26.1 Å². The first kappa shape index (κ1) is 12.2. The highest BCUT2D eigenvalue weighted by atomic mass is 19.1. The average molecular weight is 209 g/mol. The van der Waals surface area contributed by atoms with Crippen LogP contribution in [0.15, 0.2) is 18.2 Å². The second-order valence-corrected chi connectivity index (χ2v) is 4.53. The van der Waals surface area contributed by atoms with Crippen LogP contribution in [-0.2, 0) is 0 Å². The Morgan fingerprint density at radius 2 is 1.93 bits per heavy atom. The second kappa shape index (κ2) is 5.26. The molecule has 0 aliphatic carbocycles. The van der Waals surface area contributed by atoms with Crippen molar-refractivity contribution in [3.8, 4) is 0 Å². The molecule has 1 aromatic rings. The molecule has 1 unspecified atom stereocenters. The molecule has 1 atom stereocenters. The number of hydrogen-bond donors (Lipinski definition) is 1. The lowest BCUT2D eigenvalue weighted by atomic mass is 10.1. The number of nitrogens with one attached hydrogen (secondary N) is 1. The van der Waals surface area contributed by atoms with E-state index >= 15 is 0 Å². The van der Waals surface area contributed by atoms with Crippen LogP contribution in [0.2, 0.25) is 0 Å². The topological polar surface area (TPSA) is 12.0 Å². The van der Waals surface area contributed by atoms with Crippen molar-refractivity contribution in [2.24, 2.45) is 5.92 Å². The zero-order chi connectivity index (χ0) is 11.4. The van der Waals surface area contributed by atoms with E-state index in [1.54, 1.807) is 13.0 Å². The fraction of sp³-hybridized carbons (Fsp3) is 0.538. The molecule has 0 saturated carbocycles. The summed E-state index contributed by atoms with van der Waals surface area (Å²) in [5, 5.41) is 3.38. The summed E-state index contributed by atoms with van der Waals surface area (Å²) in [4.78, 5) is 0. The Hall–Kier alpha value is -0.890.